The summed E-state index contributed by atoms with van der Waals surface area (Å²) in [5, 5.41) is 3.59. The van der Waals surface area contributed by atoms with Crippen LogP contribution >= 0.6 is 0 Å². The van der Waals surface area contributed by atoms with Crippen LogP contribution in [0.5, 0.6) is 0 Å². The number of likely N-dealkylation sites (N-methyl/N-ethyl adjacent to an activating group) is 1. The largest absolute Gasteiger partial charge is 0.368 e. The van der Waals surface area contributed by atoms with Crippen molar-refractivity contribution in [3.63, 3.8) is 0 Å². The average molecular weight is 291 g/mol. The van der Waals surface area contributed by atoms with Gasteiger partial charge in [0.05, 0.1) is 0 Å². The van der Waals surface area contributed by atoms with Gasteiger partial charge in [0.2, 0.25) is 0 Å². The second-order valence-corrected chi connectivity index (χ2v) is 6.08. The summed E-state index contributed by atoms with van der Waals surface area (Å²) in [6, 6.07) is 17.1. The third-order valence-electron chi connectivity index (χ3n) is 4.57. The maximum Gasteiger partial charge on any atom is 0.0479 e. The minimum Gasteiger partial charge on any atom is -0.368 e. The topological polar surface area (TPSA) is 18.5 Å². The predicted molar refractivity (Wildman–Crippen MR) is 93.1 cm³/mol. The Kier molecular flexibility index (Phi) is 3.35. The van der Waals surface area contributed by atoms with Gasteiger partial charge in [-0.15, -0.1) is 0 Å². The maximum atomic E-state index is 3.59. The predicted octanol–water partition coefficient (Wildman–Crippen LogP) is 3.49. The van der Waals surface area contributed by atoms with Gasteiger partial charge < -0.3 is 15.1 Å². The van der Waals surface area contributed by atoms with Gasteiger partial charge in [-0.1, -0.05) is 36.4 Å². The number of para-hydroxylation sites is 2. The summed E-state index contributed by atoms with van der Waals surface area (Å²) in [5.41, 5.74) is 6.26. The Morgan fingerprint density at radius 3 is 2.32 bits per heavy atom. The number of anilines is 2. The molecule has 0 atom stereocenters. The van der Waals surface area contributed by atoms with Crippen LogP contribution in [0.4, 0.5) is 11.4 Å². The number of benzene rings is 2. The molecule has 0 aromatic heterocycles. The van der Waals surface area contributed by atoms with Crippen molar-refractivity contribution < 1.29 is 0 Å². The molecule has 0 amide bonds. The number of hydrogen-bond donors (Lipinski definition) is 1. The first kappa shape index (κ1) is 13.4. The van der Waals surface area contributed by atoms with Gasteiger partial charge in [0.25, 0.3) is 0 Å². The minimum atomic E-state index is 1.08. The number of nitrogens with zero attached hydrogens (tertiary/aromatic N) is 2. The van der Waals surface area contributed by atoms with Gasteiger partial charge in [0, 0.05) is 48.8 Å². The fourth-order valence-corrected chi connectivity index (χ4v) is 3.23. The van der Waals surface area contributed by atoms with E-state index in [2.05, 4.69) is 76.8 Å². The second kappa shape index (κ2) is 5.50. The summed E-state index contributed by atoms with van der Waals surface area (Å²) in [5.74, 6) is 0. The molecule has 3 heteroatoms. The lowest BCUT2D eigenvalue weighted by Crippen LogP contribution is -2.43. The normalized spacial score (nSPS) is 17.9. The summed E-state index contributed by atoms with van der Waals surface area (Å²) in [7, 11) is 2.20. The van der Waals surface area contributed by atoms with Crippen molar-refractivity contribution in [2.75, 3.05) is 38.5 Å². The zero-order chi connectivity index (χ0) is 14.9. The molecule has 0 bridgehead atoms. The lowest BCUT2D eigenvalue weighted by molar-refractivity contribution is 0.208. The van der Waals surface area contributed by atoms with Gasteiger partial charge in [-0.3, -0.25) is 0 Å². The van der Waals surface area contributed by atoms with E-state index in [4.69, 9.17) is 0 Å². The zero-order valence-corrected chi connectivity index (χ0v) is 12.9. The highest BCUT2D eigenvalue weighted by Crippen LogP contribution is 2.36. The van der Waals surface area contributed by atoms with Gasteiger partial charge in [-0.2, -0.15) is 0 Å². The first-order valence-corrected chi connectivity index (χ1v) is 7.92. The Hall–Kier alpha value is -2.26. The fraction of sp³-hybridized carbons (Fsp3) is 0.263. The van der Waals surface area contributed by atoms with Gasteiger partial charge >= 0.3 is 0 Å². The maximum absolute atomic E-state index is 3.59. The highest BCUT2D eigenvalue weighted by Gasteiger charge is 2.21. The smallest absolute Gasteiger partial charge is 0.0479 e. The highest BCUT2D eigenvalue weighted by molar-refractivity contribution is 5.93. The molecular weight excluding hydrogens is 270 g/mol. The third-order valence-corrected chi connectivity index (χ3v) is 4.57. The molecule has 0 spiro atoms. The molecule has 22 heavy (non-hydrogen) atoms. The Balaban J connectivity index is 1.82. The number of fused-ring (bicyclic) bond motifs is 2. The molecule has 2 aliphatic heterocycles. The molecule has 2 aromatic rings. The fourth-order valence-electron chi connectivity index (χ4n) is 3.23. The zero-order valence-electron chi connectivity index (χ0n) is 12.9. The molecule has 2 aromatic carbocycles. The molecule has 0 unspecified atom stereocenters. The molecule has 112 valence electrons. The van der Waals surface area contributed by atoms with E-state index < -0.39 is 0 Å². The number of hydrogen-bond acceptors (Lipinski definition) is 3. The van der Waals surface area contributed by atoms with Crippen LogP contribution in [0.3, 0.4) is 0 Å². The summed E-state index contributed by atoms with van der Waals surface area (Å²) in [6.45, 7) is 4.40. The van der Waals surface area contributed by atoms with Crippen LogP contribution < -0.4 is 5.32 Å². The van der Waals surface area contributed by atoms with Crippen LogP contribution in [0.25, 0.3) is 11.8 Å². The van der Waals surface area contributed by atoms with Crippen LogP contribution in [-0.4, -0.2) is 43.0 Å². The molecule has 1 N–H and O–H groups in total. The van der Waals surface area contributed by atoms with Crippen LogP contribution in [0.15, 0.2) is 48.5 Å². The lowest BCUT2D eigenvalue weighted by atomic mass is 10.1. The Bertz CT molecular complexity index is 712. The van der Waals surface area contributed by atoms with Gasteiger partial charge in [-0.05, 0) is 30.8 Å². The van der Waals surface area contributed by atoms with Crippen molar-refractivity contribution in [1.29, 1.82) is 0 Å². The molecule has 1 saturated heterocycles. The summed E-state index contributed by atoms with van der Waals surface area (Å²) in [4.78, 5) is 4.91. The highest BCUT2D eigenvalue weighted by atomic mass is 15.3. The SMILES string of the molecule is CN1CCN(C2=Cc3ccccc3Nc3ccccc32)CC1. The average Bonchev–Trinajstić information content (AvgIpc) is 2.72. The van der Waals surface area contributed by atoms with Crippen LogP contribution in [0.2, 0.25) is 0 Å². The Labute approximate surface area is 131 Å². The molecular formula is C19H21N3. The van der Waals surface area contributed by atoms with E-state index in [-0.39, 0.29) is 0 Å². The first-order valence-electron chi connectivity index (χ1n) is 7.92. The number of piperazine rings is 1. The molecule has 0 saturated carbocycles. The van der Waals surface area contributed by atoms with Crippen molar-refractivity contribution in [3.05, 3.63) is 59.7 Å². The lowest BCUT2D eigenvalue weighted by Gasteiger charge is -2.36. The molecule has 2 heterocycles. The summed E-state index contributed by atoms with van der Waals surface area (Å²) in [6.07, 6.45) is 2.33. The second-order valence-electron chi connectivity index (χ2n) is 6.08. The van der Waals surface area contributed by atoms with Gasteiger partial charge in [-0.25, -0.2) is 0 Å². The monoisotopic (exact) mass is 291 g/mol. The van der Waals surface area contributed by atoms with E-state index >= 15 is 0 Å². The van der Waals surface area contributed by atoms with Crippen molar-refractivity contribution in [2.24, 2.45) is 0 Å². The van der Waals surface area contributed by atoms with Crippen molar-refractivity contribution >= 4 is 23.1 Å². The Morgan fingerprint density at radius 2 is 1.50 bits per heavy atom. The van der Waals surface area contributed by atoms with Crippen molar-refractivity contribution in [3.8, 4) is 0 Å². The summed E-state index contributed by atoms with van der Waals surface area (Å²) < 4.78 is 0. The van der Waals surface area contributed by atoms with Crippen LogP contribution in [0.1, 0.15) is 11.1 Å². The quantitative estimate of drug-likeness (QED) is 0.867. The van der Waals surface area contributed by atoms with E-state index in [1.165, 1.54) is 28.2 Å². The van der Waals surface area contributed by atoms with Crippen LogP contribution in [0, 0.1) is 0 Å². The Morgan fingerprint density at radius 1 is 0.818 bits per heavy atom. The first-order chi connectivity index (χ1) is 10.8. The van der Waals surface area contributed by atoms with E-state index in [9.17, 15) is 0 Å². The molecule has 4 rings (SSSR count). The van der Waals surface area contributed by atoms with Crippen molar-refractivity contribution in [1.82, 2.24) is 9.80 Å². The summed E-state index contributed by atoms with van der Waals surface area (Å²) >= 11 is 0. The molecule has 1 fully saturated rings. The van der Waals surface area contributed by atoms with Crippen molar-refractivity contribution in [2.45, 2.75) is 0 Å². The minimum absolute atomic E-state index is 1.08. The molecule has 0 radical (unpaired) electrons. The van der Waals surface area contributed by atoms with E-state index in [1.807, 2.05) is 0 Å². The molecule has 0 aliphatic carbocycles. The van der Waals surface area contributed by atoms with Gasteiger partial charge in [0.15, 0.2) is 0 Å². The van der Waals surface area contributed by atoms with E-state index in [0.29, 0.717) is 0 Å². The van der Waals surface area contributed by atoms with E-state index in [1.54, 1.807) is 0 Å². The molecule has 3 nitrogen and oxygen atoms in total. The standard InChI is InChI=1S/C19H21N3/c1-21-10-12-22(13-11-21)19-14-15-6-2-4-8-17(15)20-18-9-5-3-7-16(18)19/h2-9,14,20H,10-13H2,1H3. The number of rotatable bonds is 1. The number of nitrogens with one attached hydrogen (secondary N) is 1. The van der Waals surface area contributed by atoms with E-state index in [0.717, 1.165) is 26.2 Å². The van der Waals surface area contributed by atoms with Gasteiger partial charge in [0.1, 0.15) is 0 Å². The van der Waals surface area contributed by atoms with Crippen LogP contribution in [-0.2, 0) is 0 Å². The third kappa shape index (κ3) is 2.38. The molecule has 2 aliphatic rings.